The summed E-state index contributed by atoms with van der Waals surface area (Å²) in [6, 6.07) is 19.0. The number of nitro groups is 1. The van der Waals surface area contributed by atoms with Crippen LogP contribution in [0.25, 0.3) is 11.4 Å². The molecule has 11 heteroatoms. The number of rotatable bonds is 6. The van der Waals surface area contributed by atoms with Gasteiger partial charge < -0.3 is 9.84 Å². The van der Waals surface area contributed by atoms with Crippen LogP contribution in [0.4, 0.5) is 11.4 Å². The van der Waals surface area contributed by atoms with Gasteiger partial charge in [-0.1, -0.05) is 30.3 Å². The van der Waals surface area contributed by atoms with Gasteiger partial charge >= 0.3 is 0 Å². The summed E-state index contributed by atoms with van der Waals surface area (Å²) in [6.07, 6.45) is 0. The molecular weight excluding hydrogens is 516 g/mol. The molecule has 1 aliphatic heterocycles. The zero-order valence-corrected chi connectivity index (χ0v) is 21.8. The van der Waals surface area contributed by atoms with Gasteiger partial charge in [0.15, 0.2) is 0 Å². The van der Waals surface area contributed by atoms with Crippen LogP contribution in [0.1, 0.15) is 22.9 Å². The van der Waals surface area contributed by atoms with Crippen molar-refractivity contribution < 1.29 is 24.4 Å². The van der Waals surface area contributed by atoms with Crippen LogP contribution >= 0.6 is 0 Å². The van der Waals surface area contributed by atoms with Gasteiger partial charge in [-0.05, 0) is 48.9 Å². The number of ketones is 1. The van der Waals surface area contributed by atoms with E-state index in [9.17, 15) is 29.6 Å². The van der Waals surface area contributed by atoms with E-state index in [0.717, 1.165) is 4.90 Å². The molecule has 1 N–H and O–H groups in total. The summed E-state index contributed by atoms with van der Waals surface area (Å²) in [7, 11) is 3.12. The van der Waals surface area contributed by atoms with Gasteiger partial charge in [-0.15, -0.1) is 0 Å². The van der Waals surface area contributed by atoms with Crippen molar-refractivity contribution in [3.05, 3.63) is 122 Å². The largest absolute Gasteiger partial charge is 0.507 e. The highest BCUT2D eigenvalue weighted by Crippen LogP contribution is 2.43. The molecule has 0 bridgehead atoms. The Bertz CT molecular complexity index is 1750. The van der Waals surface area contributed by atoms with Gasteiger partial charge in [-0.3, -0.25) is 34.1 Å². The molecule has 40 heavy (non-hydrogen) atoms. The Hall–Kier alpha value is -5.45. The molecular formula is C29H24N4O7. The molecule has 1 amide bonds. The van der Waals surface area contributed by atoms with Gasteiger partial charge in [0, 0.05) is 24.7 Å². The van der Waals surface area contributed by atoms with Crippen molar-refractivity contribution >= 4 is 28.8 Å². The highest BCUT2D eigenvalue weighted by molar-refractivity contribution is 6.51. The molecule has 0 saturated carbocycles. The van der Waals surface area contributed by atoms with Crippen LogP contribution in [0.2, 0.25) is 0 Å². The Balaban J connectivity index is 1.79. The average molecular weight is 541 g/mol. The Morgan fingerprint density at radius 2 is 1.65 bits per heavy atom. The molecule has 1 unspecified atom stereocenters. The number of carbonyl (C=O) groups excluding carboxylic acids is 2. The van der Waals surface area contributed by atoms with E-state index in [1.807, 2.05) is 0 Å². The highest BCUT2D eigenvalue weighted by Gasteiger charge is 2.49. The molecule has 2 heterocycles. The molecule has 1 aromatic heterocycles. The smallest absolute Gasteiger partial charge is 0.300 e. The van der Waals surface area contributed by atoms with Crippen molar-refractivity contribution in [2.24, 2.45) is 7.05 Å². The quantitative estimate of drug-likeness (QED) is 0.128. The minimum Gasteiger partial charge on any atom is -0.507 e. The van der Waals surface area contributed by atoms with E-state index in [0.29, 0.717) is 17.1 Å². The van der Waals surface area contributed by atoms with Crippen LogP contribution in [0.5, 0.6) is 5.75 Å². The van der Waals surface area contributed by atoms with Crippen LogP contribution < -0.4 is 15.2 Å². The van der Waals surface area contributed by atoms with Gasteiger partial charge in [-0.2, -0.15) is 0 Å². The summed E-state index contributed by atoms with van der Waals surface area (Å²) in [4.78, 5) is 53.0. The number of benzene rings is 3. The maximum absolute atomic E-state index is 13.9. The second-order valence-corrected chi connectivity index (χ2v) is 9.16. The minimum absolute atomic E-state index is 0.0845. The number of anilines is 1. The zero-order valence-electron chi connectivity index (χ0n) is 21.8. The third-order valence-corrected chi connectivity index (χ3v) is 6.97. The fourth-order valence-corrected chi connectivity index (χ4v) is 4.92. The predicted molar refractivity (Wildman–Crippen MR) is 147 cm³/mol. The second-order valence-electron chi connectivity index (χ2n) is 9.16. The Morgan fingerprint density at radius 3 is 2.27 bits per heavy atom. The molecule has 0 spiro atoms. The topological polar surface area (TPSA) is 137 Å². The van der Waals surface area contributed by atoms with E-state index < -0.39 is 34.0 Å². The molecule has 1 aliphatic rings. The average Bonchev–Trinajstić information content (AvgIpc) is 3.35. The lowest BCUT2D eigenvalue weighted by molar-refractivity contribution is -0.384. The number of aromatic nitrogens is 2. The summed E-state index contributed by atoms with van der Waals surface area (Å²) in [6.45, 7) is 1.63. The molecule has 202 valence electrons. The summed E-state index contributed by atoms with van der Waals surface area (Å²) >= 11 is 0. The number of hydrogen-bond donors (Lipinski definition) is 1. The first-order valence-corrected chi connectivity index (χ1v) is 12.2. The molecule has 1 fully saturated rings. The van der Waals surface area contributed by atoms with Crippen LogP contribution in [0.3, 0.4) is 0 Å². The van der Waals surface area contributed by atoms with Crippen molar-refractivity contribution in [2.75, 3.05) is 12.0 Å². The van der Waals surface area contributed by atoms with Crippen molar-refractivity contribution in [3.63, 3.8) is 0 Å². The number of hydrogen-bond acceptors (Lipinski definition) is 7. The number of ether oxygens (including phenoxy) is 1. The summed E-state index contributed by atoms with van der Waals surface area (Å²) in [5.41, 5.74) is 0.0649. The maximum Gasteiger partial charge on any atom is 0.300 e. The number of para-hydroxylation sites is 1. The van der Waals surface area contributed by atoms with Gasteiger partial charge in [0.1, 0.15) is 17.2 Å². The van der Waals surface area contributed by atoms with Gasteiger partial charge in [0.25, 0.3) is 22.9 Å². The van der Waals surface area contributed by atoms with E-state index in [1.54, 1.807) is 61.1 Å². The first-order chi connectivity index (χ1) is 19.1. The lowest BCUT2D eigenvalue weighted by atomic mass is 9.94. The second kappa shape index (κ2) is 10.0. The van der Waals surface area contributed by atoms with E-state index in [1.165, 1.54) is 48.2 Å². The number of nitrogens with zero attached hydrogens (tertiary/aromatic N) is 4. The highest BCUT2D eigenvalue weighted by atomic mass is 16.6. The first kappa shape index (κ1) is 26.2. The van der Waals surface area contributed by atoms with Crippen LogP contribution in [0, 0.1) is 17.0 Å². The third-order valence-electron chi connectivity index (χ3n) is 6.97. The Labute approximate surface area is 227 Å². The van der Waals surface area contributed by atoms with Crippen molar-refractivity contribution in [1.29, 1.82) is 0 Å². The molecule has 0 aliphatic carbocycles. The molecule has 1 saturated heterocycles. The monoisotopic (exact) mass is 540 g/mol. The number of methoxy groups -OCH3 is 1. The number of amides is 1. The van der Waals surface area contributed by atoms with Gasteiger partial charge in [0.2, 0.25) is 0 Å². The van der Waals surface area contributed by atoms with E-state index >= 15 is 0 Å². The van der Waals surface area contributed by atoms with E-state index in [2.05, 4.69) is 0 Å². The van der Waals surface area contributed by atoms with E-state index in [-0.39, 0.29) is 28.1 Å². The fourth-order valence-electron chi connectivity index (χ4n) is 4.92. The van der Waals surface area contributed by atoms with Gasteiger partial charge in [0.05, 0.1) is 35.0 Å². The van der Waals surface area contributed by atoms with Crippen molar-refractivity contribution in [3.8, 4) is 11.4 Å². The lowest BCUT2D eigenvalue weighted by Gasteiger charge is -2.24. The van der Waals surface area contributed by atoms with Crippen LogP contribution in [0.15, 0.2) is 89.2 Å². The molecule has 3 aromatic carbocycles. The summed E-state index contributed by atoms with van der Waals surface area (Å²) in [5, 5.41) is 22.9. The predicted octanol–water partition coefficient (Wildman–Crippen LogP) is 4.03. The zero-order chi connectivity index (χ0) is 28.7. The van der Waals surface area contributed by atoms with Crippen LogP contribution in [-0.4, -0.2) is 38.2 Å². The van der Waals surface area contributed by atoms with Crippen molar-refractivity contribution in [1.82, 2.24) is 9.36 Å². The van der Waals surface area contributed by atoms with E-state index in [4.69, 9.17) is 4.74 Å². The number of Topliss-reactive ketones (excluding diaryl/α,β-unsaturated/α-hetero) is 1. The molecule has 11 nitrogen and oxygen atoms in total. The molecule has 4 aromatic rings. The molecule has 0 radical (unpaired) electrons. The molecule has 1 atom stereocenters. The normalized spacial score (nSPS) is 16.4. The Morgan fingerprint density at radius 1 is 0.975 bits per heavy atom. The lowest BCUT2D eigenvalue weighted by Crippen LogP contribution is -2.34. The summed E-state index contributed by atoms with van der Waals surface area (Å²) in [5.74, 6) is -2.05. The fraction of sp³-hybridized carbons (Fsp3) is 0.138. The number of carbonyl (C=O) groups is 2. The standard InChI is InChI=1S/C29H24N4O7/c1-17-24(28(36)32(30(17)2)20-9-5-4-6-10-20)31-25(19-8-7-11-21(16-19)33(38)39)23(27(35)29(31)37)26(34)18-12-14-22(40-3)15-13-18/h4-16,25,34H,1-3H3/b26-23+. The first-order valence-electron chi connectivity index (χ1n) is 12.2. The van der Waals surface area contributed by atoms with Crippen LogP contribution in [-0.2, 0) is 16.6 Å². The van der Waals surface area contributed by atoms with Gasteiger partial charge in [-0.25, -0.2) is 4.68 Å². The minimum atomic E-state index is -1.32. The number of aliphatic hydroxyl groups excluding tert-OH is 1. The molecule has 5 rings (SSSR count). The number of non-ortho nitro benzene ring substituents is 1. The number of nitro benzene ring substituents is 1. The Kier molecular flexibility index (Phi) is 6.56. The SMILES string of the molecule is COc1ccc(/C(O)=C2\C(=O)C(=O)N(c3c(C)n(C)n(-c4ccccc4)c3=O)C2c2cccc([N+](=O)[O-])c2)cc1. The summed E-state index contributed by atoms with van der Waals surface area (Å²) < 4.78 is 8.07. The maximum atomic E-state index is 13.9. The van der Waals surface area contributed by atoms with Crippen molar-refractivity contribution in [2.45, 2.75) is 13.0 Å². The number of aliphatic hydroxyl groups is 1. The third kappa shape index (κ3) is 4.13.